The Morgan fingerprint density at radius 2 is 1.86 bits per heavy atom. The summed E-state index contributed by atoms with van der Waals surface area (Å²) in [4.78, 5) is 26.5. The van der Waals surface area contributed by atoms with E-state index in [1.165, 1.54) is 28.0 Å². The van der Waals surface area contributed by atoms with Crippen molar-refractivity contribution < 1.29 is 9.18 Å². The van der Waals surface area contributed by atoms with Crippen LogP contribution >= 0.6 is 11.8 Å². The molecule has 1 amide bonds. The number of aromatic nitrogens is 1. The molecule has 0 spiro atoms. The monoisotopic (exact) mass is 484 g/mol. The Hall–Kier alpha value is -3.38. The van der Waals surface area contributed by atoms with Gasteiger partial charge in [0, 0.05) is 11.8 Å². The van der Waals surface area contributed by atoms with Crippen molar-refractivity contribution in [3.63, 3.8) is 0 Å². The zero-order valence-corrected chi connectivity index (χ0v) is 20.2. The number of nitrogens with zero attached hydrogens (tertiary/aromatic N) is 1. The van der Waals surface area contributed by atoms with Crippen LogP contribution < -0.4 is 10.9 Å². The molecule has 1 N–H and O–H groups in total. The van der Waals surface area contributed by atoms with E-state index in [0.29, 0.717) is 18.1 Å². The molecule has 1 aromatic heterocycles. The molecule has 2 aliphatic rings. The highest BCUT2D eigenvalue weighted by molar-refractivity contribution is 7.99. The van der Waals surface area contributed by atoms with Gasteiger partial charge in [-0.25, -0.2) is 4.39 Å². The lowest BCUT2D eigenvalue weighted by Gasteiger charge is -2.18. The summed E-state index contributed by atoms with van der Waals surface area (Å²) >= 11 is 1.57. The molecule has 6 rings (SSSR count). The largest absolute Gasteiger partial charge is 0.322 e. The molecule has 6 heteroatoms. The number of carbonyl (C=O) groups is 1. The smallest absolute Gasteiger partial charge is 0.252 e. The maximum Gasteiger partial charge on any atom is 0.252 e. The maximum absolute atomic E-state index is 14.3. The van der Waals surface area contributed by atoms with Gasteiger partial charge in [-0.15, -0.1) is 11.8 Å². The van der Waals surface area contributed by atoms with Crippen LogP contribution in [0.3, 0.4) is 0 Å². The van der Waals surface area contributed by atoms with Gasteiger partial charge in [0.15, 0.2) is 0 Å². The Morgan fingerprint density at radius 1 is 1.06 bits per heavy atom. The number of rotatable bonds is 5. The lowest BCUT2D eigenvalue weighted by Crippen LogP contribution is -2.33. The van der Waals surface area contributed by atoms with E-state index in [1.54, 1.807) is 34.5 Å². The third-order valence-electron chi connectivity index (χ3n) is 6.95. The lowest BCUT2D eigenvalue weighted by molar-refractivity contribution is -0.118. The van der Waals surface area contributed by atoms with Crippen molar-refractivity contribution in [2.45, 2.75) is 43.2 Å². The van der Waals surface area contributed by atoms with Crippen molar-refractivity contribution >= 4 is 34.1 Å². The Balaban J connectivity index is 1.38. The van der Waals surface area contributed by atoms with E-state index in [-0.39, 0.29) is 17.2 Å². The van der Waals surface area contributed by atoms with Crippen LogP contribution in [0.1, 0.15) is 47.1 Å². The summed E-state index contributed by atoms with van der Waals surface area (Å²) in [5.41, 5.74) is 4.29. The van der Waals surface area contributed by atoms with Gasteiger partial charge in [0.05, 0.1) is 10.7 Å². The van der Waals surface area contributed by atoms with Crippen LogP contribution in [0, 0.1) is 12.7 Å². The van der Waals surface area contributed by atoms with Gasteiger partial charge < -0.3 is 5.32 Å². The number of benzene rings is 3. The minimum atomic E-state index is -0.661. The minimum absolute atomic E-state index is 0.150. The van der Waals surface area contributed by atoms with E-state index in [9.17, 15) is 14.0 Å². The second-order valence-electron chi connectivity index (χ2n) is 9.49. The van der Waals surface area contributed by atoms with Crippen LogP contribution in [-0.4, -0.2) is 16.2 Å². The van der Waals surface area contributed by atoms with Gasteiger partial charge in [-0.3, -0.25) is 14.2 Å². The van der Waals surface area contributed by atoms with Crippen molar-refractivity contribution in [1.82, 2.24) is 4.57 Å². The quantitative estimate of drug-likeness (QED) is 0.367. The number of anilines is 1. The summed E-state index contributed by atoms with van der Waals surface area (Å²) in [6, 6.07) is 20.3. The number of fused-ring (bicyclic) bond motifs is 2. The maximum atomic E-state index is 14.3. The number of nitrogens with one attached hydrogen (secondary N) is 1. The summed E-state index contributed by atoms with van der Waals surface area (Å²) in [6.07, 6.45) is 2.88. The highest BCUT2D eigenvalue weighted by Gasteiger charge is 2.37. The van der Waals surface area contributed by atoms with Gasteiger partial charge in [-0.2, -0.15) is 0 Å². The lowest BCUT2D eigenvalue weighted by atomic mass is 9.95. The fourth-order valence-electron chi connectivity index (χ4n) is 5.09. The number of halogens is 1. The van der Waals surface area contributed by atoms with E-state index < -0.39 is 11.9 Å². The van der Waals surface area contributed by atoms with E-state index in [4.69, 9.17) is 0 Å². The Kier molecular flexibility index (Phi) is 5.49. The highest BCUT2D eigenvalue weighted by atomic mass is 32.2. The molecule has 1 aliphatic carbocycles. The van der Waals surface area contributed by atoms with Gasteiger partial charge in [0.2, 0.25) is 5.91 Å². The molecular weight excluding hydrogens is 459 g/mol. The van der Waals surface area contributed by atoms with E-state index >= 15 is 0 Å². The molecule has 3 aromatic carbocycles. The number of amides is 1. The van der Waals surface area contributed by atoms with Gasteiger partial charge in [-0.05, 0) is 77.3 Å². The fraction of sp³-hybridized carbons (Fsp3) is 0.241. The summed E-state index contributed by atoms with van der Waals surface area (Å²) < 4.78 is 15.9. The van der Waals surface area contributed by atoms with E-state index in [1.807, 2.05) is 19.1 Å². The van der Waals surface area contributed by atoms with Gasteiger partial charge in [0.25, 0.3) is 5.56 Å². The predicted molar refractivity (Wildman–Crippen MR) is 139 cm³/mol. The number of carbonyl (C=O) groups excluding carboxylic acids is 1. The molecule has 0 saturated heterocycles. The first-order valence-corrected chi connectivity index (χ1v) is 12.9. The van der Waals surface area contributed by atoms with Crippen molar-refractivity contribution in [3.8, 4) is 0 Å². The van der Waals surface area contributed by atoms with Crippen LogP contribution in [-0.2, 0) is 11.2 Å². The third-order valence-corrected chi connectivity index (χ3v) is 8.12. The van der Waals surface area contributed by atoms with Gasteiger partial charge >= 0.3 is 0 Å². The summed E-state index contributed by atoms with van der Waals surface area (Å²) in [5, 5.41) is 6.00. The number of thioether (sulfide) groups is 1. The van der Waals surface area contributed by atoms with Crippen LogP contribution in [0.15, 0.2) is 76.6 Å². The first-order chi connectivity index (χ1) is 17.0. The van der Waals surface area contributed by atoms with Crippen molar-refractivity contribution in [2.75, 3.05) is 11.1 Å². The summed E-state index contributed by atoms with van der Waals surface area (Å²) in [5.74, 6) is 0.0504. The van der Waals surface area contributed by atoms with Crippen molar-refractivity contribution in [1.29, 1.82) is 0 Å². The standard InChI is InChI=1S/C29H25FN2O2S/c1-17-9-12-23(30)24(13-17)31-28(34)25-16-35-29-27(19-10-11-19)21(15-26(33)32(25)29)14-20-7-4-6-18-5-2-3-8-22(18)20/h2-9,12-13,15,19,25H,10-11,14,16H2,1H3,(H,31,34). The molecule has 1 fully saturated rings. The minimum Gasteiger partial charge on any atom is -0.322 e. The molecule has 1 atom stereocenters. The number of aryl methyl sites for hydroxylation is 1. The molecule has 4 nitrogen and oxygen atoms in total. The average molecular weight is 485 g/mol. The average Bonchev–Trinajstić information content (AvgIpc) is 3.58. The normalized spacial score (nSPS) is 16.9. The molecule has 4 aromatic rings. The molecule has 35 heavy (non-hydrogen) atoms. The molecule has 2 heterocycles. The number of hydrogen-bond donors (Lipinski definition) is 1. The number of pyridine rings is 1. The van der Waals surface area contributed by atoms with Crippen LogP contribution in [0.5, 0.6) is 0 Å². The Morgan fingerprint density at radius 3 is 2.69 bits per heavy atom. The SMILES string of the molecule is Cc1ccc(F)c(NC(=O)C2CSc3c(C4CC4)c(Cc4cccc5ccccc45)cc(=O)n32)c1. The molecule has 1 unspecified atom stereocenters. The third kappa shape index (κ3) is 4.06. The molecule has 0 radical (unpaired) electrons. The topological polar surface area (TPSA) is 51.1 Å². The van der Waals surface area contributed by atoms with Crippen LogP contribution in [0.2, 0.25) is 0 Å². The summed E-state index contributed by atoms with van der Waals surface area (Å²) in [6.45, 7) is 1.85. The summed E-state index contributed by atoms with van der Waals surface area (Å²) in [7, 11) is 0. The zero-order chi connectivity index (χ0) is 24.1. The van der Waals surface area contributed by atoms with E-state index in [0.717, 1.165) is 29.0 Å². The van der Waals surface area contributed by atoms with Crippen molar-refractivity contribution in [2.24, 2.45) is 0 Å². The van der Waals surface area contributed by atoms with Gasteiger partial charge in [0.1, 0.15) is 11.9 Å². The Labute approximate surface area is 207 Å². The molecular formula is C29H25FN2O2S. The second-order valence-corrected chi connectivity index (χ2v) is 10.5. The van der Waals surface area contributed by atoms with Crippen LogP contribution in [0.25, 0.3) is 10.8 Å². The highest BCUT2D eigenvalue weighted by Crippen LogP contribution is 2.48. The molecule has 176 valence electrons. The van der Waals surface area contributed by atoms with Crippen LogP contribution in [0.4, 0.5) is 10.1 Å². The number of hydrogen-bond acceptors (Lipinski definition) is 3. The zero-order valence-electron chi connectivity index (χ0n) is 19.4. The molecule has 1 aliphatic heterocycles. The molecule has 0 bridgehead atoms. The second kappa shape index (κ2) is 8.68. The van der Waals surface area contributed by atoms with Gasteiger partial charge in [-0.1, -0.05) is 48.5 Å². The Bertz CT molecular complexity index is 1530. The molecule has 1 saturated carbocycles. The predicted octanol–water partition coefficient (Wildman–Crippen LogP) is 6.20. The fourth-order valence-corrected chi connectivity index (χ4v) is 6.51. The van der Waals surface area contributed by atoms with Crippen molar-refractivity contribution in [3.05, 3.63) is 105 Å². The first kappa shape index (κ1) is 22.1. The van der Waals surface area contributed by atoms with E-state index in [2.05, 4.69) is 35.6 Å². The first-order valence-electron chi connectivity index (χ1n) is 11.9.